The van der Waals surface area contributed by atoms with E-state index in [-0.39, 0.29) is 5.69 Å². The summed E-state index contributed by atoms with van der Waals surface area (Å²) in [7, 11) is 0. The molecule has 0 bridgehead atoms. The van der Waals surface area contributed by atoms with Gasteiger partial charge in [-0.3, -0.25) is 9.78 Å². The van der Waals surface area contributed by atoms with Gasteiger partial charge in [0, 0.05) is 30.8 Å². The van der Waals surface area contributed by atoms with Crippen LogP contribution in [0, 0.1) is 0 Å². The van der Waals surface area contributed by atoms with Crippen LogP contribution in [-0.2, 0) is 11.2 Å². The maximum Gasteiger partial charge on any atom is 0.328 e. The summed E-state index contributed by atoms with van der Waals surface area (Å²) < 4.78 is 4.58. The Kier molecular flexibility index (Phi) is 4.75. The fraction of sp³-hybridized carbons (Fsp3) is 0.154. The highest BCUT2D eigenvalue weighted by Gasteiger charge is 2.11. The second-order valence-corrected chi connectivity index (χ2v) is 3.97. The number of nitrogens with one attached hydrogen (secondary N) is 1. The molecule has 0 saturated carbocycles. The molecule has 108 valence electrons. The molecule has 1 amide bonds. The van der Waals surface area contributed by atoms with Gasteiger partial charge in [0.15, 0.2) is 5.82 Å². The predicted molar refractivity (Wildman–Crippen MR) is 71.2 cm³/mol. The predicted octanol–water partition coefficient (Wildman–Crippen LogP) is 0.535. The van der Waals surface area contributed by atoms with Crippen molar-refractivity contribution >= 4 is 18.0 Å². The number of nitrogens with zero attached hydrogens (tertiary/aromatic N) is 3. The van der Waals surface area contributed by atoms with Crippen molar-refractivity contribution in [3.63, 3.8) is 0 Å². The summed E-state index contributed by atoms with van der Waals surface area (Å²) in [6.45, 7) is 0.316. The van der Waals surface area contributed by atoms with Crippen LogP contribution in [-0.4, -0.2) is 38.7 Å². The van der Waals surface area contributed by atoms with Crippen LogP contribution in [0.2, 0.25) is 0 Å². The van der Waals surface area contributed by atoms with Crippen LogP contribution in [0.15, 0.2) is 35.3 Å². The molecular weight excluding hydrogens is 276 g/mol. The number of hydrogen-bond donors (Lipinski definition) is 2. The lowest BCUT2D eigenvalue weighted by Crippen LogP contribution is -2.27. The van der Waals surface area contributed by atoms with Crippen molar-refractivity contribution in [1.82, 2.24) is 20.4 Å². The highest BCUT2D eigenvalue weighted by molar-refractivity contribution is 5.97. The number of aromatic nitrogens is 3. The topological polar surface area (TPSA) is 118 Å². The number of carbonyl (C=O) groups excluding carboxylic acids is 1. The Labute approximate surface area is 119 Å². The van der Waals surface area contributed by atoms with E-state index < -0.39 is 11.9 Å². The van der Waals surface area contributed by atoms with Crippen molar-refractivity contribution in [2.24, 2.45) is 0 Å². The van der Waals surface area contributed by atoms with Crippen LogP contribution >= 0.6 is 0 Å². The number of carboxylic acids is 1. The van der Waals surface area contributed by atoms with E-state index >= 15 is 0 Å². The van der Waals surface area contributed by atoms with Crippen LogP contribution < -0.4 is 5.32 Å². The molecule has 2 aromatic heterocycles. The molecule has 0 aromatic carbocycles. The van der Waals surface area contributed by atoms with Crippen molar-refractivity contribution in [3.8, 4) is 0 Å². The van der Waals surface area contributed by atoms with E-state index in [1.165, 1.54) is 18.7 Å². The first kappa shape index (κ1) is 14.4. The Morgan fingerprint density at radius 3 is 2.95 bits per heavy atom. The standard InChI is InChI=1S/C13H12N4O4/c18-11(19)4-3-9-2-1-6-14-12(9)13(20)15-7-5-10-16-8-21-17-10/h1-4,6,8H,5,7H2,(H,15,20)(H,18,19)/b4-3+. The molecule has 0 spiro atoms. The summed E-state index contributed by atoms with van der Waals surface area (Å²) in [5, 5.41) is 14.9. The largest absolute Gasteiger partial charge is 0.478 e. The molecule has 2 N–H and O–H groups in total. The van der Waals surface area contributed by atoms with Crippen molar-refractivity contribution in [1.29, 1.82) is 0 Å². The second kappa shape index (κ2) is 6.94. The number of pyridine rings is 1. The molecule has 2 aromatic rings. The minimum absolute atomic E-state index is 0.156. The summed E-state index contributed by atoms with van der Waals surface area (Å²) in [5.74, 6) is -1.01. The van der Waals surface area contributed by atoms with E-state index in [1.54, 1.807) is 12.1 Å². The minimum atomic E-state index is -1.10. The Bertz CT molecular complexity index is 652. The average Bonchev–Trinajstić information content (AvgIpc) is 2.98. The van der Waals surface area contributed by atoms with Crippen LogP contribution in [0.1, 0.15) is 21.9 Å². The molecule has 2 rings (SSSR count). The molecule has 0 aliphatic carbocycles. The summed E-state index contributed by atoms with van der Waals surface area (Å²) >= 11 is 0. The van der Waals surface area contributed by atoms with Gasteiger partial charge in [0.25, 0.3) is 5.91 Å². The number of hydrogen-bond acceptors (Lipinski definition) is 6. The Hall–Kier alpha value is -3.03. The van der Waals surface area contributed by atoms with E-state index in [0.717, 1.165) is 6.08 Å². The van der Waals surface area contributed by atoms with E-state index in [4.69, 9.17) is 5.11 Å². The molecule has 2 heterocycles. The average molecular weight is 288 g/mol. The molecule has 0 aliphatic heterocycles. The van der Waals surface area contributed by atoms with Crippen LogP contribution in [0.3, 0.4) is 0 Å². The van der Waals surface area contributed by atoms with Gasteiger partial charge in [-0.05, 0) is 12.1 Å². The maximum atomic E-state index is 12.0. The number of aliphatic carboxylic acids is 1. The van der Waals surface area contributed by atoms with Gasteiger partial charge in [-0.15, -0.1) is 0 Å². The summed E-state index contributed by atoms with van der Waals surface area (Å²) in [6, 6.07) is 3.23. The summed E-state index contributed by atoms with van der Waals surface area (Å²) in [5.41, 5.74) is 0.583. The molecule has 0 saturated heterocycles. The van der Waals surface area contributed by atoms with Crippen LogP contribution in [0.25, 0.3) is 6.08 Å². The van der Waals surface area contributed by atoms with E-state index in [1.807, 2.05) is 0 Å². The molecule has 8 nitrogen and oxygen atoms in total. The number of carboxylic acid groups (broad SMARTS) is 1. The Balaban J connectivity index is 2.00. The van der Waals surface area contributed by atoms with Crippen LogP contribution in [0.5, 0.6) is 0 Å². The third-order valence-electron chi connectivity index (χ3n) is 2.50. The number of amides is 1. The fourth-order valence-corrected chi connectivity index (χ4v) is 1.58. The first-order chi connectivity index (χ1) is 10.2. The van der Waals surface area contributed by atoms with Gasteiger partial charge >= 0.3 is 5.97 Å². The van der Waals surface area contributed by atoms with Crippen molar-refractivity contribution in [2.75, 3.05) is 6.54 Å². The van der Waals surface area contributed by atoms with Gasteiger partial charge < -0.3 is 14.9 Å². The third kappa shape index (κ3) is 4.23. The SMILES string of the molecule is O=C(O)/C=C/c1cccnc1C(=O)NCCc1ncon1. The monoisotopic (exact) mass is 288 g/mol. The third-order valence-corrected chi connectivity index (χ3v) is 2.50. The van der Waals surface area contributed by atoms with Crippen molar-refractivity contribution in [2.45, 2.75) is 6.42 Å². The van der Waals surface area contributed by atoms with Gasteiger partial charge in [0.05, 0.1) is 0 Å². The fourth-order valence-electron chi connectivity index (χ4n) is 1.58. The number of rotatable bonds is 6. The first-order valence-electron chi connectivity index (χ1n) is 6.06. The van der Waals surface area contributed by atoms with Gasteiger partial charge in [-0.1, -0.05) is 11.2 Å². The van der Waals surface area contributed by atoms with E-state index in [9.17, 15) is 9.59 Å². The normalized spacial score (nSPS) is 10.7. The number of carbonyl (C=O) groups is 2. The molecule has 0 radical (unpaired) electrons. The quantitative estimate of drug-likeness (QED) is 0.744. The summed E-state index contributed by atoms with van der Waals surface area (Å²) in [6.07, 6.45) is 5.38. The lowest BCUT2D eigenvalue weighted by molar-refractivity contribution is -0.131. The zero-order chi connectivity index (χ0) is 15.1. The van der Waals surface area contributed by atoms with Crippen molar-refractivity contribution < 1.29 is 19.2 Å². The molecule has 21 heavy (non-hydrogen) atoms. The molecule has 8 heteroatoms. The molecule has 0 atom stereocenters. The van der Waals surface area contributed by atoms with E-state index in [0.29, 0.717) is 24.4 Å². The molecule has 0 fully saturated rings. The summed E-state index contributed by atoms with van der Waals surface area (Å²) in [4.78, 5) is 30.3. The molecular formula is C13H12N4O4. The van der Waals surface area contributed by atoms with E-state index in [2.05, 4.69) is 25.0 Å². The van der Waals surface area contributed by atoms with Crippen LogP contribution in [0.4, 0.5) is 0 Å². The smallest absolute Gasteiger partial charge is 0.328 e. The highest BCUT2D eigenvalue weighted by Crippen LogP contribution is 2.07. The Morgan fingerprint density at radius 2 is 2.24 bits per heavy atom. The lowest BCUT2D eigenvalue weighted by atomic mass is 10.1. The second-order valence-electron chi connectivity index (χ2n) is 3.97. The minimum Gasteiger partial charge on any atom is -0.478 e. The molecule has 0 aliphatic rings. The first-order valence-corrected chi connectivity index (χ1v) is 6.06. The van der Waals surface area contributed by atoms with Gasteiger partial charge in [0.2, 0.25) is 6.39 Å². The zero-order valence-corrected chi connectivity index (χ0v) is 10.9. The molecule has 0 unspecified atom stereocenters. The zero-order valence-electron chi connectivity index (χ0n) is 10.9. The van der Waals surface area contributed by atoms with Gasteiger partial charge in [0.1, 0.15) is 5.69 Å². The maximum absolute atomic E-state index is 12.0. The van der Waals surface area contributed by atoms with Crippen molar-refractivity contribution in [3.05, 3.63) is 47.9 Å². The lowest BCUT2D eigenvalue weighted by Gasteiger charge is -2.05. The van der Waals surface area contributed by atoms with Gasteiger partial charge in [-0.2, -0.15) is 4.98 Å². The van der Waals surface area contributed by atoms with Gasteiger partial charge in [-0.25, -0.2) is 4.79 Å². The Morgan fingerprint density at radius 1 is 1.38 bits per heavy atom. The highest BCUT2D eigenvalue weighted by atomic mass is 16.5.